The number of aliphatic hydroxyl groups is 1. The van der Waals surface area contributed by atoms with Crippen LogP contribution in [0, 0.1) is 0 Å². The second-order valence-corrected chi connectivity index (χ2v) is 4.57. The second kappa shape index (κ2) is 3.98. The minimum absolute atomic E-state index is 0.0130. The smallest absolute Gasteiger partial charge is 0.128 e. The van der Waals surface area contributed by atoms with Crippen LogP contribution in [0.25, 0.3) is 0 Å². The van der Waals surface area contributed by atoms with Gasteiger partial charge in [0.15, 0.2) is 0 Å². The van der Waals surface area contributed by atoms with E-state index in [0.717, 1.165) is 38.0 Å². The molecule has 0 aliphatic carbocycles. The average molecular weight is 219 g/mol. The van der Waals surface area contributed by atoms with Crippen LogP contribution in [0.1, 0.15) is 24.0 Å². The van der Waals surface area contributed by atoms with E-state index in [2.05, 4.69) is 17.4 Å². The van der Waals surface area contributed by atoms with E-state index in [9.17, 15) is 5.11 Å². The Morgan fingerprint density at radius 2 is 2.31 bits per heavy atom. The summed E-state index contributed by atoms with van der Waals surface area (Å²) < 4.78 is 5.89. The number of fused-ring (bicyclic) bond motifs is 3. The summed E-state index contributed by atoms with van der Waals surface area (Å²) in [4.78, 5) is 0. The molecule has 2 aliphatic rings. The van der Waals surface area contributed by atoms with E-state index in [4.69, 9.17) is 4.74 Å². The van der Waals surface area contributed by atoms with Gasteiger partial charge in [-0.2, -0.15) is 0 Å². The second-order valence-electron chi connectivity index (χ2n) is 4.57. The Bertz CT molecular complexity index is 403. The molecule has 0 spiro atoms. The maximum Gasteiger partial charge on any atom is 0.128 e. The summed E-state index contributed by atoms with van der Waals surface area (Å²) in [6.07, 6.45) is 4.19. The van der Waals surface area contributed by atoms with Crippen molar-refractivity contribution in [3.63, 3.8) is 0 Å². The van der Waals surface area contributed by atoms with Crippen LogP contribution in [0.4, 0.5) is 5.69 Å². The van der Waals surface area contributed by atoms with Crippen molar-refractivity contribution in [2.45, 2.75) is 31.8 Å². The Balaban J connectivity index is 2.01. The lowest BCUT2D eigenvalue weighted by atomic mass is 9.94. The van der Waals surface area contributed by atoms with E-state index in [1.807, 2.05) is 0 Å². The topological polar surface area (TPSA) is 41.5 Å². The Hall–Kier alpha value is -1.22. The number of aryl methyl sites for hydroxylation is 1. The molecule has 3 rings (SSSR count). The van der Waals surface area contributed by atoms with Crippen LogP contribution in [-0.2, 0) is 12.8 Å². The molecule has 0 saturated heterocycles. The highest BCUT2D eigenvalue weighted by molar-refractivity contribution is 5.62. The number of ether oxygens (including phenoxy) is 1. The van der Waals surface area contributed by atoms with E-state index in [1.54, 1.807) is 0 Å². The van der Waals surface area contributed by atoms with Gasteiger partial charge < -0.3 is 15.2 Å². The normalized spacial score (nSPS) is 22.7. The van der Waals surface area contributed by atoms with Crippen molar-refractivity contribution >= 4 is 5.69 Å². The first kappa shape index (κ1) is 9.97. The zero-order chi connectivity index (χ0) is 11.0. The van der Waals surface area contributed by atoms with Crippen molar-refractivity contribution < 1.29 is 9.84 Å². The SMILES string of the molecule is OCC1CCc2ccc3c(c2O1)CCCN3. The van der Waals surface area contributed by atoms with Crippen LogP contribution in [0.5, 0.6) is 5.75 Å². The van der Waals surface area contributed by atoms with E-state index in [1.165, 1.54) is 16.8 Å². The Labute approximate surface area is 95.4 Å². The number of rotatable bonds is 1. The third kappa shape index (κ3) is 1.55. The molecule has 86 valence electrons. The van der Waals surface area contributed by atoms with Crippen LogP contribution in [0.2, 0.25) is 0 Å². The molecule has 0 aromatic heterocycles. The molecule has 3 nitrogen and oxygen atoms in total. The van der Waals surface area contributed by atoms with Gasteiger partial charge in [-0.3, -0.25) is 0 Å². The molecule has 1 unspecified atom stereocenters. The summed E-state index contributed by atoms with van der Waals surface area (Å²) in [5, 5.41) is 12.6. The lowest BCUT2D eigenvalue weighted by molar-refractivity contribution is 0.0967. The van der Waals surface area contributed by atoms with Crippen molar-refractivity contribution in [3.8, 4) is 5.75 Å². The Kier molecular flexibility index (Phi) is 2.48. The van der Waals surface area contributed by atoms with Crippen LogP contribution in [0.3, 0.4) is 0 Å². The Morgan fingerprint density at radius 3 is 3.19 bits per heavy atom. The van der Waals surface area contributed by atoms with E-state index in [0.29, 0.717) is 0 Å². The first-order valence-corrected chi connectivity index (χ1v) is 6.04. The fourth-order valence-electron chi connectivity index (χ4n) is 2.59. The number of nitrogens with one attached hydrogen (secondary N) is 1. The van der Waals surface area contributed by atoms with Crippen LogP contribution in [-0.4, -0.2) is 24.4 Å². The first-order valence-electron chi connectivity index (χ1n) is 6.04. The maximum absolute atomic E-state index is 9.18. The van der Waals surface area contributed by atoms with Crippen molar-refractivity contribution in [3.05, 3.63) is 23.3 Å². The van der Waals surface area contributed by atoms with Crippen LogP contribution in [0.15, 0.2) is 12.1 Å². The summed E-state index contributed by atoms with van der Waals surface area (Å²) in [6, 6.07) is 4.32. The molecule has 3 heteroatoms. The summed E-state index contributed by atoms with van der Waals surface area (Å²) in [7, 11) is 0. The highest BCUT2D eigenvalue weighted by Crippen LogP contribution is 2.38. The molecular formula is C13H17NO2. The summed E-state index contributed by atoms with van der Waals surface area (Å²) in [5.74, 6) is 1.04. The average Bonchev–Trinajstić information content (AvgIpc) is 2.38. The highest BCUT2D eigenvalue weighted by atomic mass is 16.5. The molecule has 1 atom stereocenters. The largest absolute Gasteiger partial charge is 0.487 e. The molecule has 2 heterocycles. The molecule has 1 aromatic rings. The van der Waals surface area contributed by atoms with Gasteiger partial charge in [0.2, 0.25) is 0 Å². The van der Waals surface area contributed by atoms with E-state index >= 15 is 0 Å². The lowest BCUT2D eigenvalue weighted by Gasteiger charge is -2.30. The van der Waals surface area contributed by atoms with Gasteiger partial charge in [-0.05, 0) is 37.3 Å². The monoisotopic (exact) mass is 219 g/mol. The molecule has 0 saturated carbocycles. The van der Waals surface area contributed by atoms with Gasteiger partial charge in [0.05, 0.1) is 6.61 Å². The number of aliphatic hydroxyl groups excluding tert-OH is 1. The van der Waals surface area contributed by atoms with Gasteiger partial charge in [0.1, 0.15) is 11.9 Å². The predicted octanol–water partition coefficient (Wildman–Crippen LogP) is 1.73. The standard InChI is InChI=1S/C13H17NO2/c15-8-10-5-3-9-4-6-12-11(13(9)16-10)2-1-7-14-12/h4,6,10,14-15H,1-3,5,7-8H2. The third-order valence-electron chi connectivity index (χ3n) is 3.48. The highest BCUT2D eigenvalue weighted by Gasteiger charge is 2.24. The van der Waals surface area contributed by atoms with Gasteiger partial charge >= 0.3 is 0 Å². The third-order valence-corrected chi connectivity index (χ3v) is 3.48. The molecular weight excluding hydrogens is 202 g/mol. The molecule has 16 heavy (non-hydrogen) atoms. The summed E-state index contributed by atoms with van der Waals surface area (Å²) >= 11 is 0. The maximum atomic E-state index is 9.18. The molecule has 0 radical (unpaired) electrons. The van der Waals surface area contributed by atoms with Gasteiger partial charge in [-0.25, -0.2) is 0 Å². The number of hydrogen-bond donors (Lipinski definition) is 2. The quantitative estimate of drug-likeness (QED) is 0.756. The van der Waals surface area contributed by atoms with Crippen molar-refractivity contribution in [2.75, 3.05) is 18.5 Å². The van der Waals surface area contributed by atoms with Crippen LogP contribution >= 0.6 is 0 Å². The van der Waals surface area contributed by atoms with Crippen molar-refractivity contribution in [1.82, 2.24) is 0 Å². The number of benzene rings is 1. The van der Waals surface area contributed by atoms with Gasteiger partial charge in [0.25, 0.3) is 0 Å². The zero-order valence-electron chi connectivity index (χ0n) is 9.33. The summed E-state index contributed by atoms with van der Waals surface area (Å²) in [6.45, 7) is 1.17. The fourth-order valence-corrected chi connectivity index (χ4v) is 2.59. The first-order chi connectivity index (χ1) is 7.88. The number of hydrogen-bond acceptors (Lipinski definition) is 3. The Morgan fingerprint density at radius 1 is 1.38 bits per heavy atom. The van der Waals surface area contributed by atoms with Crippen LogP contribution < -0.4 is 10.1 Å². The molecule has 0 fully saturated rings. The molecule has 2 aliphatic heterocycles. The lowest BCUT2D eigenvalue weighted by Crippen LogP contribution is -2.27. The molecule has 2 N–H and O–H groups in total. The van der Waals surface area contributed by atoms with E-state index in [-0.39, 0.29) is 12.7 Å². The minimum atomic E-state index is -0.0130. The number of anilines is 1. The van der Waals surface area contributed by atoms with Crippen molar-refractivity contribution in [1.29, 1.82) is 0 Å². The minimum Gasteiger partial charge on any atom is -0.487 e. The van der Waals surface area contributed by atoms with E-state index < -0.39 is 0 Å². The van der Waals surface area contributed by atoms with Gasteiger partial charge in [-0.1, -0.05) is 6.07 Å². The van der Waals surface area contributed by atoms with Crippen molar-refractivity contribution in [2.24, 2.45) is 0 Å². The zero-order valence-corrected chi connectivity index (χ0v) is 9.33. The summed E-state index contributed by atoms with van der Waals surface area (Å²) in [5.41, 5.74) is 3.82. The van der Waals surface area contributed by atoms with Gasteiger partial charge in [0, 0.05) is 17.8 Å². The van der Waals surface area contributed by atoms with Gasteiger partial charge in [-0.15, -0.1) is 0 Å². The molecule has 1 aromatic carbocycles. The molecule has 0 bridgehead atoms. The molecule has 0 amide bonds. The fraction of sp³-hybridized carbons (Fsp3) is 0.538. The predicted molar refractivity (Wildman–Crippen MR) is 63.1 cm³/mol.